The predicted molar refractivity (Wildman–Crippen MR) is 129 cm³/mol. The molecule has 0 amide bonds. The molecule has 0 spiro atoms. The molecule has 4 fully saturated rings. The lowest BCUT2D eigenvalue weighted by Crippen LogP contribution is -2.65. The summed E-state index contributed by atoms with van der Waals surface area (Å²) in [5, 5.41) is 2.12. The molecular formula is C27H37N2O2S+. The molecule has 172 valence electrons. The number of carbonyl (C=O) groups is 1. The summed E-state index contributed by atoms with van der Waals surface area (Å²) in [5.74, 6) is 0.640. The van der Waals surface area contributed by atoms with E-state index in [9.17, 15) is 4.79 Å². The van der Waals surface area contributed by atoms with Crippen molar-refractivity contribution in [1.82, 2.24) is 4.98 Å². The third-order valence-electron chi connectivity index (χ3n) is 8.49. The Hall–Kier alpha value is -1.72. The monoisotopic (exact) mass is 453 g/mol. The normalized spacial score (nSPS) is 29.4. The summed E-state index contributed by atoms with van der Waals surface area (Å²) < 4.78 is 7.63. The van der Waals surface area contributed by atoms with Gasteiger partial charge in [-0.2, -0.15) is 0 Å². The molecule has 1 aliphatic carbocycles. The standard InChI is InChI=1S/C27H37N2O2S/c30-26(27(25-8-6-20-32-25)13-3-1-2-4-14-27)31-24-21-29(18-11-23(24)12-19-29)17-5-7-22-9-15-28-16-10-22/h6,8-10,15-16,20,23-24H,1-5,7,11-14,17-19,21H2/q+1/t23?,24-,29?/m0/s1. The molecule has 0 N–H and O–H groups in total. The number of piperidine rings is 3. The Morgan fingerprint density at radius 2 is 1.84 bits per heavy atom. The minimum Gasteiger partial charge on any atom is -0.455 e. The van der Waals surface area contributed by atoms with Gasteiger partial charge in [0.05, 0.1) is 19.6 Å². The van der Waals surface area contributed by atoms with Gasteiger partial charge in [-0.1, -0.05) is 31.7 Å². The number of aryl methyl sites for hydroxylation is 1. The van der Waals surface area contributed by atoms with Crippen LogP contribution in [0.3, 0.4) is 0 Å². The number of quaternary nitrogens is 1. The summed E-state index contributed by atoms with van der Waals surface area (Å²) in [6.07, 6.45) is 15.3. The van der Waals surface area contributed by atoms with Crippen molar-refractivity contribution < 1.29 is 14.0 Å². The fourth-order valence-corrected chi connectivity index (χ4v) is 7.50. The van der Waals surface area contributed by atoms with Crippen LogP contribution in [-0.4, -0.2) is 47.7 Å². The van der Waals surface area contributed by atoms with Crippen molar-refractivity contribution in [3.63, 3.8) is 0 Å². The van der Waals surface area contributed by atoms with Gasteiger partial charge in [-0.15, -0.1) is 11.3 Å². The van der Waals surface area contributed by atoms with Crippen LogP contribution >= 0.6 is 11.3 Å². The largest absolute Gasteiger partial charge is 0.455 e. The van der Waals surface area contributed by atoms with Crippen molar-refractivity contribution in [2.24, 2.45) is 5.92 Å². The van der Waals surface area contributed by atoms with Gasteiger partial charge in [0.15, 0.2) is 6.10 Å². The summed E-state index contributed by atoms with van der Waals surface area (Å²) in [5.41, 5.74) is 0.974. The second kappa shape index (κ2) is 9.64. The van der Waals surface area contributed by atoms with Gasteiger partial charge < -0.3 is 9.22 Å². The highest BCUT2D eigenvalue weighted by Crippen LogP contribution is 2.43. The molecule has 5 heteroatoms. The van der Waals surface area contributed by atoms with Crippen LogP contribution in [0.5, 0.6) is 0 Å². The summed E-state index contributed by atoms with van der Waals surface area (Å²) in [7, 11) is 0. The van der Waals surface area contributed by atoms with Crippen molar-refractivity contribution in [3.8, 4) is 0 Å². The van der Waals surface area contributed by atoms with Crippen molar-refractivity contribution in [2.75, 3.05) is 26.2 Å². The Balaban J connectivity index is 1.26. The van der Waals surface area contributed by atoms with Gasteiger partial charge in [0.2, 0.25) is 0 Å². The average Bonchev–Trinajstić information content (AvgIpc) is 3.26. The zero-order valence-electron chi connectivity index (χ0n) is 19.2. The van der Waals surface area contributed by atoms with Crippen LogP contribution in [-0.2, 0) is 21.4 Å². The first-order valence-corrected chi connectivity index (χ1v) is 13.6. The number of nitrogens with zero attached hydrogens (tertiary/aromatic N) is 2. The van der Waals surface area contributed by atoms with Crippen LogP contribution in [0.1, 0.15) is 68.2 Å². The van der Waals surface area contributed by atoms with E-state index in [1.54, 1.807) is 11.3 Å². The number of esters is 1. The molecule has 0 radical (unpaired) electrons. The van der Waals surface area contributed by atoms with Gasteiger partial charge in [-0.25, -0.2) is 0 Å². The lowest BCUT2D eigenvalue weighted by atomic mass is 9.78. The molecule has 6 rings (SSSR count). The first-order valence-electron chi connectivity index (χ1n) is 12.7. The molecule has 4 aliphatic rings. The average molecular weight is 454 g/mol. The van der Waals surface area contributed by atoms with E-state index in [2.05, 4.69) is 34.6 Å². The number of hydrogen-bond acceptors (Lipinski definition) is 4. The van der Waals surface area contributed by atoms with Gasteiger partial charge in [0.1, 0.15) is 12.0 Å². The van der Waals surface area contributed by atoms with Gasteiger partial charge in [0, 0.05) is 42.5 Å². The van der Waals surface area contributed by atoms with E-state index in [4.69, 9.17) is 4.74 Å². The van der Waals surface area contributed by atoms with E-state index in [0.717, 1.165) is 43.1 Å². The Morgan fingerprint density at radius 1 is 1.09 bits per heavy atom. The third kappa shape index (κ3) is 4.51. The molecule has 2 aromatic rings. The first-order chi connectivity index (χ1) is 15.7. The Bertz CT molecular complexity index is 866. The molecule has 2 bridgehead atoms. The van der Waals surface area contributed by atoms with E-state index in [0.29, 0.717) is 5.92 Å². The summed E-state index contributed by atoms with van der Waals surface area (Å²) in [4.78, 5) is 19.2. The SMILES string of the molecule is O=C(O[C@H]1C[N+]2(CCCc3ccncc3)CCC1CC2)C1(c2cccs2)CCCCCC1. The number of fused-ring (bicyclic) bond motifs is 3. The van der Waals surface area contributed by atoms with Crippen molar-refractivity contribution in [1.29, 1.82) is 0 Å². The maximum absolute atomic E-state index is 13.8. The maximum Gasteiger partial charge on any atom is 0.317 e. The number of carbonyl (C=O) groups excluding carboxylic acids is 1. The van der Waals surface area contributed by atoms with Crippen LogP contribution < -0.4 is 0 Å². The molecule has 5 heterocycles. The topological polar surface area (TPSA) is 39.2 Å². The number of rotatable bonds is 7. The lowest BCUT2D eigenvalue weighted by Gasteiger charge is -2.52. The predicted octanol–water partition coefficient (Wildman–Crippen LogP) is 5.52. The van der Waals surface area contributed by atoms with E-state index >= 15 is 0 Å². The first kappa shape index (κ1) is 22.1. The van der Waals surface area contributed by atoms with Crippen LogP contribution in [0.15, 0.2) is 42.0 Å². The molecule has 2 aromatic heterocycles. The number of ether oxygens (including phenoxy) is 1. The molecule has 0 aromatic carbocycles. The summed E-state index contributed by atoms with van der Waals surface area (Å²) in [6, 6.07) is 8.52. The molecular weight excluding hydrogens is 416 g/mol. The van der Waals surface area contributed by atoms with Gasteiger partial charge in [-0.05, 0) is 48.4 Å². The minimum absolute atomic E-state index is 0.0792. The van der Waals surface area contributed by atoms with Gasteiger partial charge in [0.25, 0.3) is 0 Å². The van der Waals surface area contributed by atoms with E-state index in [1.165, 1.54) is 62.2 Å². The Labute approximate surface area is 196 Å². The number of aromatic nitrogens is 1. The van der Waals surface area contributed by atoms with E-state index < -0.39 is 5.41 Å². The second-order valence-corrected chi connectivity index (χ2v) is 11.4. The highest BCUT2D eigenvalue weighted by Gasteiger charge is 2.50. The van der Waals surface area contributed by atoms with Crippen LogP contribution in [0.2, 0.25) is 0 Å². The molecule has 4 nitrogen and oxygen atoms in total. The second-order valence-electron chi connectivity index (χ2n) is 10.4. The minimum atomic E-state index is -0.400. The molecule has 32 heavy (non-hydrogen) atoms. The van der Waals surface area contributed by atoms with Gasteiger partial charge >= 0.3 is 5.97 Å². The third-order valence-corrected chi connectivity index (χ3v) is 9.56. The van der Waals surface area contributed by atoms with Crippen molar-refractivity contribution >= 4 is 17.3 Å². The number of thiophene rings is 1. The van der Waals surface area contributed by atoms with Gasteiger partial charge in [-0.3, -0.25) is 9.78 Å². The fraction of sp³-hybridized carbons (Fsp3) is 0.630. The quantitative estimate of drug-likeness (QED) is 0.315. The molecule has 3 saturated heterocycles. The Morgan fingerprint density at radius 3 is 2.53 bits per heavy atom. The molecule has 3 aliphatic heterocycles. The smallest absolute Gasteiger partial charge is 0.317 e. The highest BCUT2D eigenvalue weighted by atomic mass is 32.1. The number of hydrogen-bond donors (Lipinski definition) is 0. The lowest BCUT2D eigenvalue weighted by molar-refractivity contribution is -0.946. The molecule has 0 unspecified atom stereocenters. The fourth-order valence-electron chi connectivity index (χ4n) is 6.52. The Kier molecular flexibility index (Phi) is 6.66. The summed E-state index contributed by atoms with van der Waals surface area (Å²) >= 11 is 1.74. The number of pyridine rings is 1. The van der Waals surface area contributed by atoms with Crippen LogP contribution in [0.25, 0.3) is 0 Å². The maximum atomic E-state index is 13.8. The van der Waals surface area contributed by atoms with Crippen LogP contribution in [0.4, 0.5) is 0 Å². The summed E-state index contributed by atoms with van der Waals surface area (Å²) in [6.45, 7) is 4.72. The highest BCUT2D eigenvalue weighted by molar-refractivity contribution is 7.10. The van der Waals surface area contributed by atoms with E-state index in [-0.39, 0.29) is 12.1 Å². The van der Waals surface area contributed by atoms with E-state index in [1.807, 2.05) is 12.4 Å². The zero-order valence-corrected chi connectivity index (χ0v) is 20.0. The van der Waals surface area contributed by atoms with Crippen molar-refractivity contribution in [2.45, 2.75) is 75.7 Å². The zero-order chi connectivity index (χ0) is 21.9. The van der Waals surface area contributed by atoms with Crippen molar-refractivity contribution in [3.05, 3.63) is 52.5 Å². The van der Waals surface area contributed by atoms with Crippen LogP contribution in [0, 0.1) is 5.92 Å². The molecule has 1 saturated carbocycles. The molecule has 1 atom stereocenters.